The molecular weight excluding hydrogens is 250 g/mol. The van der Waals surface area contributed by atoms with Crippen LogP contribution in [-0.4, -0.2) is 12.5 Å². The summed E-state index contributed by atoms with van der Waals surface area (Å²) in [5.74, 6) is -1.73. The van der Waals surface area contributed by atoms with Crippen molar-refractivity contribution in [2.24, 2.45) is 5.92 Å². The highest BCUT2D eigenvalue weighted by molar-refractivity contribution is 5.95. The Kier molecular flexibility index (Phi) is 4.35. The van der Waals surface area contributed by atoms with Gasteiger partial charge in [0.05, 0.1) is 11.3 Å². The second kappa shape index (κ2) is 5.99. The predicted octanol–water partition coefficient (Wildman–Crippen LogP) is 2.86. The molecule has 1 aliphatic rings. The normalized spacial score (nSPS) is 16.3. The van der Waals surface area contributed by atoms with Gasteiger partial charge in [-0.2, -0.15) is 0 Å². The van der Waals surface area contributed by atoms with Crippen molar-refractivity contribution in [2.45, 2.75) is 32.1 Å². The second-order valence-electron chi connectivity index (χ2n) is 5.07. The third kappa shape index (κ3) is 3.43. The molecule has 104 valence electrons. The quantitative estimate of drug-likeness (QED) is 0.828. The molecule has 5 heteroatoms. The van der Waals surface area contributed by atoms with Crippen molar-refractivity contribution in [2.75, 3.05) is 12.3 Å². The maximum atomic E-state index is 13.6. The van der Waals surface area contributed by atoms with E-state index >= 15 is 0 Å². The van der Waals surface area contributed by atoms with Gasteiger partial charge < -0.3 is 11.1 Å². The van der Waals surface area contributed by atoms with Crippen molar-refractivity contribution in [1.82, 2.24) is 5.32 Å². The smallest absolute Gasteiger partial charge is 0.254 e. The summed E-state index contributed by atoms with van der Waals surface area (Å²) in [4.78, 5) is 11.8. The Balaban J connectivity index is 1.99. The number of hydrogen-bond donors (Lipinski definition) is 2. The largest absolute Gasteiger partial charge is 0.396 e. The first kappa shape index (κ1) is 13.8. The number of benzene rings is 1. The van der Waals surface area contributed by atoms with Crippen LogP contribution >= 0.6 is 0 Å². The van der Waals surface area contributed by atoms with Gasteiger partial charge in [-0.05, 0) is 30.9 Å². The Hall–Kier alpha value is -1.65. The fraction of sp³-hybridized carbons (Fsp3) is 0.500. The molecule has 19 heavy (non-hydrogen) atoms. The first-order valence-electron chi connectivity index (χ1n) is 6.60. The molecule has 1 aromatic carbocycles. The molecule has 0 heterocycles. The van der Waals surface area contributed by atoms with E-state index in [4.69, 9.17) is 5.73 Å². The third-order valence-electron chi connectivity index (χ3n) is 3.59. The summed E-state index contributed by atoms with van der Waals surface area (Å²) >= 11 is 0. The van der Waals surface area contributed by atoms with Crippen molar-refractivity contribution in [1.29, 1.82) is 0 Å². The van der Waals surface area contributed by atoms with Crippen LogP contribution in [-0.2, 0) is 0 Å². The Labute approximate surface area is 111 Å². The van der Waals surface area contributed by atoms with Crippen LogP contribution in [0.2, 0.25) is 0 Å². The molecule has 2 rings (SSSR count). The molecule has 0 aliphatic heterocycles. The summed E-state index contributed by atoms with van der Waals surface area (Å²) in [5, 5.41) is 2.66. The summed E-state index contributed by atoms with van der Waals surface area (Å²) in [6, 6.07) is 1.75. The van der Waals surface area contributed by atoms with Gasteiger partial charge in [-0.15, -0.1) is 0 Å². The maximum absolute atomic E-state index is 13.6. The van der Waals surface area contributed by atoms with E-state index in [1.165, 1.54) is 19.3 Å². The third-order valence-corrected chi connectivity index (χ3v) is 3.59. The Bertz CT molecular complexity index is 471. The van der Waals surface area contributed by atoms with E-state index in [-0.39, 0.29) is 11.3 Å². The monoisotopic (exact) mass is 268 g/mol. The summed E-state index contributed by atoms with van der Waals surface area (Å²) < 4.78 is 26.8. The first-order valence-corrected chi connectivity index (χ1v) is 6.60. The van der Waals surface area contributed by atoms with Gasteiger partial charge in [0.1, 0.15) is 5.82 Å². The predicted molar refractivity (Wildman–Crippen MR) is 69.7 cm³/mol. The summed E-state index contributed by atoms with van der Waals surface area (Å²) in [6.07, 6.45) is 5.73. The van der Waals surface area contributed by atoms with Crippen LogP contribution in [0.5, 0.6) is 0 Å². The minimum atomic E-state index is -0.859. The summed E-state index contributed by atoms with van der Waals surface area (Å²) in [7, 11) is 0. The molecule has 1 aliphatic carbocycles. The first-order chi connectivity index (χ1) is 9.08. The van der Waals surface area contributed by atoms with Gasteiger partial charge in [0.15, 0.2) is 5.82 Å². The average molecular weight is 268 g/mol. The zero-order valence-corrected chi connectivity index (χ0v) is 10.7. The van der Waals surface area contributed by atoms with E-state index in [2.05, 4.69) is 5.32 Å². The lowest BCUT2D eigenvalue weighted by molar-refractivity contribution is 0.0939. The average Bonchev–Trinajstić information content (AvgIpc) is 2.41. The highest BCUT2D eigenvalue weighted by Crippen LogP contribution is 2.23. The van der Waals surface area contributed by atoms with Crippen molar-refractivity contribution >= 4 is 11.6 Å². The number of carbonyl (C=O) groups excluding carboxylic acids is 1. The molecule has 0 aromatic heterocycles. The van der Waals surface area contributed by atoms with Crippen LogP contribution in [0.25, 0.3) is 0 Å². The van der Waals surface area contributed by atoms with Crippen LogP contribution in [0.15, 0.2) is 12.1 Å². The van der Waals surface area contributed by atoms with Gasteiger partial charge >= 0.3 is 0 Å². The van der Waals surface area contributed by atoms with E-state index in [1.807, 2.05) is 0 Å². The standard InChI is InChI=1S/C14H18F2N2O/c15-10-6-11(13(16)12(17)7-10)14(19)18-8-9-4-2-1-3-5-9/h6-7,9H,1-5,8,17H2,(H,18,19). The molecule has 0 unspecified atom stereocenters. The van der Waals surface area contributed by atoms with Crippen LogP contribution in [0.3, 0.4) is 0 Å². The van der Waals surface area contributed by atoms with E-state index in [0.29, 0.717) is 12.5 Å². The highest BCUT2D eigenvalue weighted by atomic mass is 19.1. The summed E-state index contributed by atoms with van der Waals surface area (Å²) in [6.45, 7) is 0.509. The molecule has 1 amide bonds. The Morgan fingerprint density at radius 1 is 1.26 bits per heavy atom. The molecule has 1 fully saturated rings. The van der Waals surface area contributed by atoms with Crippen molar-refractivity contribution in [3.63, 3.8) is 0 Å². The number of halogens is 2. The number of amides is 1. The molecule has 0 bridgehead atoms. The van der Waals surface area contributed by atoms with E-state index in [9.17, 15) is 13.6 Å². The number of hydrogen-bond acceptors (Lipinski definition) is 2. The van der Waals surface area contributed by atoms with E-state index in [0.717, 1.165) is 25.0 Å². The minimum Gasteiger partial charge on any atom is -0.396 e. The van der Waals surface area contributed by atoms with Gasteiger partial charge in [-0.25, -0.2) is 8.78 Å². The van der Waals surface area contributed by atoms with Crippen molar-refractivity contribution in [3.8, 4) is 0 Å². The molecule has 0 saturated heterocycles. The Morgan fingerprint density at radius 3 is 2.63 bits per heavy atom. The Morgan fingerprint density at radius 2 is 1.95 bits per heavy atom. The van der Waals surface area contributed by atoms with Gasteiger partial charge in [-0.3, -0.25) is 4.79 Å². The van der Waals surface area contributed by atoms with Gasteiger partial charge in [0.25, 0.3) is 5.91 Å². The summed E-state index contributed by atoms with van der Waals surface area (Å²) in [5.41, 5.74) is 4.63. The molecule has 0 radical (unpaired) electrons. The van der Waals surface area contributed by atoms with Crippen LogP contribution in [0.4, 0.5) is 14.5 Å². The van der Waals surface area contributed by atoms with Crippen molar-refractivity contribution < 1.29 is 13.6 Å². The number of carbonyl (C=O) groups is 1. The lowest BCUT2D eigenvalue weighted by Crippen LogP contribution is -2.31. The van der Waals surface area contributed by atoms with Gasteiger partial charge in [0, 0.05) is 6.54 Å². The molecule has 3 nitrogen and oxygen atoms in total. The molecule has 1 saturated carbocycles. The van der Waals surface area contributed by atoms with Crippen LogP contribution < -0.4 is 11.1 Å². The molecular formula is C14H18F2N2O. The fourth-order valence-electron chi connectivity index (χ4n) is 2.50. The van der Waals surface area contributed by atoms with Crippen LogP contribution in [0, 0.1) is 17.6 Å². The number of nitrogens with one attached hydrogen (secondary N) is 1. The fourth-order valence-corrected chi connectivity index (χ4v) is 2.50. The van der Waals surface area contributed by atoms with Crippen LogP contribution in [0.1, 0.15) is 42.5 Å². The lowest BCUT2D eigenvalue weighted by atomic mass is 9.89. The van der Waals surface area contributed by atoms with E-state index in [1.54, 1.807) is 0 Å². The zero-order chi connectivity index (χ0) is 13.8. The number of rotatable bonds is 3. The topological polar surface area (TPSA) is 55.1 Å². The van der Waals surface area contributed by atoms with Gasteiger partial charge in [0.2, 0.25) is 0 Å². The highest BCUT2D eigenvalue weighted by Gasteiger charge is 2.18. The molecule has 0 atom stereocenters. The number of nitrogens with two attached hydrogens (primary N) is 1. The number of anilines is 1. The number of nitrogen functional groups attached to an aromatic ring is 1. The zero-order valence-electron chi connectivity index (χ0n) is 10.7. The van der Waals surface area contributed by atoms with Crippen molar-refractivity contribution in [3.05, 3.63) is 29.3 Å². The lowest BCUT2D eigenvalue weighted by Gasteiger charge is -2.21. The SMILES string of the molecule is Nc1cc(F)cc(C(=O)NCC2CCCCC2)c1F. The van der Waals surface area contributed by atoms with Gasteiger partial charge in [-0.1, -0.05) is 19.3 Å². The van der Waals surface area contributed by atoms with E-state index < -0.39 is 17.5 Å². The minimum absolute atomic E-state index is 0.326. The molecule has 0 spiro atoms. The maximum Gasteiger partial charge on any atom is 0.254 e. The molecule has 1 aromatic rings. The molecule has 3 N–H and O–H groups in total. The second-order valence-corrected chi connectivity index (χ2v) is 5.07.